The van der Waals surface area contributed by atoms with Crippen LogP contribution in [0.15, 0.2) is 11.6 Å². The maximum Gasteiger partial charge on any atom is 0.185 e. The summed E-state index contributed by atoms with van der Waals surface area (Å²) in [4.78, 5) is 9.45. The Morgan fingerprint density at radius 2 is 2.22 bits per heavy atom. The van der Waals surface area contributed by atoms with Gasteiger partial charge >= 0.3 is 0 Å². The summed E-state index contributed by atoms with van der Waals surface area (Å²) >= 11 is 1.74. The van der Waals surface area contributed by atoms with E-state index in [4.69, 9.17) is 4.74 Å². The number of ether oxygens (including phenoxy) is 1. The molecule has 1 spiro atoms. The van der Waals surface area contributed by atoms with Crippen molar-refractivity contribution < 1.29 is 4.74 Å². The number of rotatable bonds is 2. The first-order chi connectivity index (χ1) is 8.84. The average molecular weight is 267 g/mol. The zero-order valence-electron chi connectivity index (χ0n) is 11.0. The molecule has 0 atom stereocenters. The number of likely N-dealkylation sites (N-methyl/N-ethyl adjacent to an activating group) is 1. The monoisotopic (exact) mass is 267 g/mol. The van der Waals surface area contributed by atoms with Crippen molar-refractivity contribution in [3.05, 3.63) is 11.6 Å². The lowest BCUT2D eigenvalue weighted by molar-refractivity contribution is -0.0773. The number of thiazole rings is 1. The average Bonchev–Trinajstić information content (AvgIpc) is 2.94. The number of morpholine rings is 1. The first-order valence-electron chi connectivity index (χ1n) is 6.81. The van der Waals surface area contributed by atoms with Crippen molar-refractivity contribution in [3.63, 3.8) is 0 Å². The summed E-state index contributed by atoms with van der Waals surface area (Å²) in [5, 5.41) is 3.23. The van der Waals surface area contributed by atoms with Gasteiger partial charge in [0.05, 0.1) is 13.2 Å². The number of aromatic nitrogens is 1. The molecule has 0 unspecified atom stereocenters. The van der Waals surface area contributed by atoms with Gasteiger partial charge in [-0.15, -0.1) is 11.3 Å². The molecule has 100 valence electrons. The molecule has 5 heteroatoms. The summed E-state index contributed by atoms with van der Waals surface area (Å²) in [7, 11) is 0. The third-order valence-corrected chi connectivity index (χ3v) is 5.15. The maximum atomic E-state index is 5.75. The van der Waals surface area contributed by atoms with Gasteiger partial charge in [0.15, 0.2) is 5.13 Å². The Labute approximate surface area is 113 Å². The zero-order valence-corrected chi connectivity index (χ0v) is 11.8. The summed E-state index contributed by atoms with van der Waals surface area (Å²) in [6.07, 6.45) is 4.29. The van der Waals surface area contributed by atoms with Crippen LogP contribution < -0.4 is 4.90 Å². The smallest absolute Gasteiger partial charge is 0.185 e. The van der Waals surface area contributed by atoms with E-state index in [1.165, 1.54) is 18.0 Å². The van der Waals surface area contributed by atoms with E-state index in [1.54, 1.807) is 11.3 Å². The number of hydrogen-bond donors (Lipinski definition) is 0. The van der Waals surface area contributed by atoms with Crippen molar-refractivity contribution in [2.75, 3.05) is 44.3 Å². The predicted octanol–water partition coefficient (Wildman–Crippen LogP) is 1.83. The zero-order chi connectivity index (χ0) is 12.4. The normalized spacial score (nSPS) is 24.6. The molecule has 0 amide bonds. The van der Waals surface area contributed by atoms with Crippen molar-refractivity contribution >= 4 is 16.5 Å². The van der Waals surface area contributed by atoms with Crippen LogP contribution in [0.1, 0.15) is 19.8 Å². The Hall–Kier alpha value is -0.650. The van der Waals surface area contributed by atoms with Gasteiger partial charge < -0.3 is 9.64 Å². The molecule has 18 heavy (non-hydrogen) atoms. The number of nitrogens with zero attached hydrogens (tertiary/aromatic N) is 3. The molecular formula is C13H21N3OS. The van der Waals surface area contributed by atoms with Crippen LogP contribution >= 0.6 is 11.3 Å². The molecule has 1 aromatic rings. The lowest BCUT2D eigenvalue weighted by atomic mass is 9.85. The van der Waals surface area contributed by atoms with Gasteiger partial charge in [-0.2, -0.15) is 0 Å². The van der Waals surface area contributed by atoms with Gasteiger partial charge in [-0.05, 0) is 19.4 Å². The summed E-state index contributed by atoms with van der Waals surface area (Å²) < 4.78 is 5.75. The Morgan fingerprint density at radius 1 is 1.39 bits per heavy atom. The SMILES string of the molecule is CCN1CCOCC12CCN(c1nccs1)CC2. The van der Waals surface area contributed by atoms with E-state index < -0.39 is 0 Å². The van der Waals surface area contributed by atoms with Crippen LogP contribution in [0.3, 0.4) is 0 Å². The van der Waals surface area contributed by atoms with Gasteiger partial charge in [0.1, 0.15) is 0 Å². The fraction of sp³-hybridized carbons (Fsp3) is 0.769. The number of piperidine rings is 1. The summed E-state index contributed by atoms with van der Waals surface area (Å²) in [5.74, 6) is 0. The second-order valence-electron chi connectivity index (χ2n) is 5.16. The molecule has 0 bridgehead atoms. The van der Waals surface area contributed by atoms with Crippen molar-refractivity contribution in [1.29, 1.82) is 0 Å². The van der Waals surface area contributed by atoms with E-state index in [-0.39, 0.29) is 0 Å². The van der Waals surface area contributed by atoms with Crippen molar-refractivity contribution in [2.45, 2.75) is 25.3 Å². The highest BCUT2D eigenvalue weighted by Crippen LogP contribution is 2.33. The van der Waals surface area contributed by atoms with Crippen LogP contribution in [-0.2, 0) is 4.74 Å². The van der Waals surface area contributed by atoms with Gasteiger partial charge in [-0.1, -0.05) is 6.92 Å². The Bertz CT molecular complexity index is 374. The second-order valence-corrected chi connectivity index (χ2v) is 6.03. The molecule has 4 nitrogen and oxygen atoms in total. The van der Waals surface area contributed by atoms with Crippen molar-refractivity contribution in [1.82, 2.24) is 9.88 Å². The fourth-order valence-corrected chi connectivity index (χ4v) is 3.90. The molecule has 0 aromatic carbocycles. The molecule has 2 saturated heterocycles. The van der Waals surface area contributed by atoms with E-state index in [0.29, 0.717) is 5.54 Å². The maximum absolute atomic E-state index is 5.75. The standard InChI is InChI=1S/C13H21N3OS/c1-2-16-8-9-17-11-13(16)3-6-15(7-4-13)12-14-5-10-18-12/h5,10H,2-4,6-9,11H2,1H3. The van der Waals surface area contributed by atoms with E-state index in [1.807, 2.05) is 6.20 Å². The number of anilines is 1. The van der Waals surface area contributed by atoms with Gasteiger partial charge in [0.2, 0.25) is 0 Å². The molecule has 2 aliphatic rings. The molecule has 1 aromatic heterocycles. The van der Waals surface area contributed by atoms with Gasteiger partial charge in [0, 0.05) is 36.8 Å². The highest BCUT2D eigenvalue weighted by atomic mass is 32.1. The molecule has 2 fully saturated rings. The Kier molecular flexibility index (Phi) is 3.54. The highest BCUT2D eigenvalue weighted by Gasteiger charge is 2.41. The fourth-order valence-electron chi connectivity index (χ4n) is 3.21. The van der Waals surface area contributed by atoms with Crippen LogP contribution in [-0.4, -0.2) is 54.8 Å². The Morgan fingerprint density at radius 3 is 2.89 bits per heavy atom. The minimum Gasteiger partial charge on any atom is -0.378 e. The minimum atomic E-state index is 0.292. The first-order valence-corrected chi connectivity index (χ1v) is 7.69. The van der Waals surface area contributed by atoms with Crippen LogP contribution in [0.2, 0.25) is 0 Å². The van der Waals surface area contributed by atoms with Crippen LogP contribution in [0.25, 0.3) is 0 Å². The first kappa shape index (κ1) is 12.4. The molecule has 3 heterocycles. The summed E-state index contributed by atoms with van der Waals surface area (Å²) in [5.41, 5.74) is 0.292. The van der Waals surface area contributed by atoms with E-state index in [2.05, 4.69) is 27.1 Å². The lowest BCUT2D eigenvalue weighted by Crippen LogP contribution is -2.61. The molecule has 2 aliphatic heterocycles. The van der Waals surface area contributed by atoms with Crippen molar-refractivity contribution in [2.24, 2.45) is 0 Å². The number of hydrogen-bond acceptors (Lipinski definition) is 5. The lowest BCUT2D eigenvalue weighted by Gasteiger charge is -2.50. The molecule has 0 saturated carbocycles. The van der Waals surface area contributed by atoms with E-state index in [0.717, 1.165) is 39.4 Å². The molecule has 0 aliphatic carbocycles. The van der Waals surface area contributed by atoms with Gasteiger partial charge in [-0.25, -0.2) is 4.98 Å². The van der Waals surface area contributed by atoms with Crippen LogP contribution in [0, 0.1) is 0 Å². The third kappa shape index (κ3) is 2.15. The molecule has 0 radical (unpaired) electrons. The molecular weight excluding hydrogens is 246 g/mol. The predicted molar refractivity (Wildman–Crippen MR) is 74.4 cm³/mol. The quantitative estimate of drug-likeness (QED) is 0.817. The van der Waals surface area contributed by atoms with E-state index in [9.17, 15) is 0 Å². The molecule has 0 N–H and O–H groups in total. The van der Waals surface area contributed by atoms with Gasteiger partial charge in [-0.3, -0.25) is 4.90 Å². The Balaban J connectivity index is 1.68. The van der Waals surface area contributed by atoms with Crippen molar-refractivity contribution in [3.8, 4) is 0 Å². The minimum absolute atomic E-state index is 0.292. The summed E-state index contributed by atoms with van der Waals surface area (Å²) in [6, 6.07) is 0. The van der Waals surface area contributed by atoms with Crippen LogP contribution in [0.4, 0.5) is 5.13 Å². The summed E-state index contributed by atoms with van der Waals surface area (Å²) in [6.45, 7) is 8.51. The van der Waals surface area contributed by atoms with E-state index >= 15 is 0 Å². The third-order valence-electron chi connectivity index (χ3n) is 4.31. The van der Waals surface area contributed by atoms with Gasteiger partial charge in [0.25, 0.3) is 0 Å². The van der Waals surface area contributed by atoms with Crippen LogP contribution in [0.5, 0.6) is 0 Å². The highest BCUT2D eigenvalue weighted by molar-refractivity contribution is 7.13. The molecule has 3 rings (SSSR count). The topological polar surface area (TPSA) is 28.6 Å². The second kappa shape index (κ2) is 5.15. The largest absolute Gasteiger partial charge is 0.378 e.